The summed E-state index contributed by atoms with van der Waals surface area (Å²) in [7, 11) is 0. The number of hydrogen-bond acceptors (Lipinski definition) is 3. The quantitative estimate of drug-likeness (QED) is 0.561. The van der Waals surface area contributed by atoms with Crippen LogP contribution >= 0.6 is 0 Å². The molecule has 0 aromatic heterocycles. The molecule has 66 valence electrons. The summed E-state index contributed by atoms with van der Waals surface area (Å²) in [5.41, 5.74) is 0. The monoisotopic (exact) mass is 159 g/mol. The van der Waals surface area contributed by atoms with Gasteiger partial charge in [-0.2, -0.15) is 0 Å². The van der Waals surface area contributed by atoms with Crippen LogP contribution in [-0.4, -0.2) is 37.5 Å². The maximum absolute atomic E-state index is 8.51. The van der Waals surface area contributed by atoms with Gasteiger partial charge in [0, 0.05) is 19.3 Å². The maximum atomic E-state index is 8.51. The molecule has 1 aliphatic heterocycles. The largest absolute Gasteiger partial charge is 0.396 e. The van der Waals surface area contributed by atoms with Gasteiger partial charge in [0.15, 0.2) is 0 Å². The van der Waals surface area contributed by atoms with Crippen molar-refractivity contribution in [2.45, 2.75) is 25.3 Å². The lowest BCUT2D eigenvalue weighted by Crippen LogP contribution is -2.30. The van der Waals surface area contributed by atoms with Crippen LogP contribution in [0.4, 0.5) is 0 Å². The van der Waals surface area contributed by atoms with Crippen LogP contribution in [0.1, 0.15) is 19.3 Å². The summed E-state index contributed by atoms with van der Waals surface area (Å²) in [5.74, 6) is 0. The second-order valence-corrected chi connectivity index (χ2v) is 2.95. The van der Waals surface area contributed by atoms with Gasteiger partial charge in [-0.3, -0.25) is 0 Å². The smallest absolute Gasteiger partial charge is 0.0620 e. The second-order valence-electron chi connectivity index (χ2n) is 2.95. The fourth-order valence-corrected chi connectivity index (χ4v) is 1.24. The Hall–Kier alpha value is -0.120. The van der Waals surface area contributed by atoms with Gasteiger partial charge in [-0.25, -0.2) is 0 Å². The highest BCUT2D eigenvalue weighted by Crippen LogP contribution is 2.02. The molecule has 0 aromatic carbocycles. The fourth-order valence-electron chi connectivity index (χ4n) is 1.24. The van der Waals surface area contributed by atoms with E-state index in [0.29, 0.717) is 12.6 Å². The minimum absolute atomic E-state index is 0.308. The zero-order valence-corrected chi connectivity index (χ0v) is 6.88. The molecule has 0 amide bonds. The van der Waals surface area contributed by atoms with Crippen LogP contribution < -0.4 is 5.32 Å². The molecule has 11 heavy (non-hydrogen) atoms. The van der Waals surface area contributed by atoms with Gasteiger partial charge in [0.05, 0.1) is 6.61 Å². The predicted molar refractivity (Wildman–Crippen MR) is 43.5 cm³/mol. The molecule has 1 unspecified atom stereocenters. The minimum atomic E-state index is 0.308. The first-order chi connectivity index (χ1) is 5.43. The summed E-state index contributed by atoms with van der Waals surface area (Å²) in [6.45, 7) is 3.08. The van der Waals surface area contributed by atoms with Crippen LogP contribution in [-0.2, 0) is 4.74 Å². The second kappa shape index (κ2) is 5.52. The highest BCUT2D eigenvalue weighted by atomic mass is 16.5. The Balaban J connectivity index is 1.86. The van der Waals surface area contributed by atoms with Crippen molar-refractivity contribution in [3.63, 3.8) is 0 Å². The van der Waals surface area contributed by atoms with Crippen molar-refractivity contribution in [3.05, 3.63) is 0 Å². The third-order valence-corrected chi connectivity index (χ3v) is 1.95. The van der Waals surface area contributed by atoms with Crippen molar-refractivity contribution >= 4 is 0 Å². The van der Waals surface area contributed by atoms with Crippen LogP contribution in [0, 0.1) is 0 Å². The molecule has 1 saturated heterocycles. The first-order valence-corrected chi connectivity index (χ1v) is 4.35. The van der Waals surface area contributed by atoms with Gasteiger partial charge in [0.25, 0.3) is 0 Å². The van der Waals surface area contributed by atoms with Crippen molar-refractivity contribution in [1.29, 1.82) is 0 Å². The van der Waals surface area contributed by atoms with E-state index in [0.717, 1.165) is 39.0 Å². The molecule has 1 aliphatic rings. The maximum Gasteiger partial charge on any atom is 0.0620 e. The average Bonchev–Trinajstić information content (AvgIpc) is 2.50. The third kappa shape index (κ3) is 3.70. The van der Waals surface area contributed by atoms with Gasteiger partial charge in [-0.1, -0.05) is 0 Å². The molecule has 0 saturated carbocycles. The lowest BCUT2D eigenvalue weighted by Gasteiger charge is -2.08. The summed E-state index contributed by atoms with van der Waals surface area (Å²) < 4.78 is 5.20. The van der Waals surface area contributed by atoms with E-state index in [1.165, 1.54) is 0 Å². The van der Waals surface area contributed by atoms with Gasteiger partial charge < -0.3 is 15.2 Å². The van der Waals surface area contributed by atoms with Crippen molar-refractivity contribution in [3.8, 4) is 0 Å². The van der Waals surface area contributed by atoms with Crippen LogP contribution in [0.3, 0.4) is 0 Å². The lowest BCUT2D eigenvalue weighted by molar-refractivity contribution is 0.189. The van der Waals surface area contributed by atoms with E-state index in [-0.39, 0.29) is 0 Å². The number of rotatable bonds is 5. The van der Waals surface area contributed by atoms with Crippen molar-refractivity contribution in [2.75, 3.05) is 26.4 Å². The number of aliphatic hydroxyl groups excluding tert-OH is 1. The zero-order chi connectivity index (χ0) is 7.94. The van der Waals surface area contributed by atoms with Gasteiger partial charge in [0.2, 0.25) is 0 Å². The van der Waals surface area contributed by atoms with E-state index in [4.69, 9.17) is 9.84 Å². The molecule has 0 aromatic rings. The summed E-state index contributed by atoms with van der Waals surface area (Å²) in [4.78, 5) is 0. The Morgan fingerprint density at radius 2 is 2.36 bits per heavy atom. The molecule has 1 fully saturated rings. The Bertz CT molecular complexity index is 92.1. The molecule has 1 atom stereocenters. The van der Waals surface area contributed by atoms with Gasteiger partial charge in [-0.15, -0.1) is 0 Å². The Morgan fingerprint density at radius 3 is 3.00 bits per heavy atom. The molecule has 0 radical (unpaired) electrons. The predicted octanol–water partition coefficient (Wildman–Crippen LogP) is 0.137. The molecule has 1 rings (SSSR count). The SMILES string of the molecule is OCCCCNC1CCOC1. The topological polar surface area (TPSA) is 41.5 Å². The van der Waals surface area contributed by atoms with E-state index in [2.05, 4.69) is 5.32 Å². The highest BCUT2D eigenvalue weighted by Gasteiger charge is 2.13. The minimum Gasteiger partial charge on any atom is -0.396 e. The highest BCUT2D eigenvalue weighted by molar-refractivity contribution is 4.70. The Kier molecular flexibility index (Phi) is 4.50. The number of unbranched alkanes of at least 4 members (excludes halogenated alkanes) is 1. The summed E-state index contributed by atoms with van der Waals surface area (Å²) in [6.07, 6.45) is 3.10. The first-order valence-electron chi connectivity index (χ1n) is 4.35. The number of ether oxygens (including phenoxy) is 1. The first kappa shape index (κ1) is 8.97. The van der Waals surface area contributed by atoms with E-state index in [9.17, 15) is 0 Å². The molecule has 2 N–H and O–H groups in total. The van der Waals surface area contributed by atoms with E-state index in [1.54, 1.807) is 0 Å². The van der Waals surface area contributed by atoms with Crippen LogP contribution in [0.2, 0.25) is 0 Å². The van der Waals surface area contributed by atoms with Crippen LogP contribution in [0.5, 0.6) is 0 Å². The van der Waals surface area contributed by atoms with Gasteiger partial charge in [0.1, 0.15) is 0 Å². The number of nitrogens with one attached hydrogen (secondary N) is 1. The van der Waals surface area contributed by atoms with E-state index >= 15 is 0 Å². The van der Waals surface area contributed by atoms with E-state index < -0.39 is 0 Å². The van der Waals surface area contributed by atoms with Crippen LogP contribution in [0.25, 0.3) is 0 Å². The Labute approximate surface area is 67.7 Å². The Morgan fingerprint density at radius 1 is 1.45 bits per heavy atom. The summed E-state index contributed by atoms with van der Waals surface area (Å²) in [6, 6.07) is 0.564. The molecular weight excluding hydrogens is 142 g/mol. The molecule has 0 aliphatic carbocycles. The zero-order valence-electron chi connectivity index (χ0n) is 6.88. The average molecular weight is 159 g/mol. The fraction of sp³-hybridized carbons (Fsp3) is 1.00. The molecule has 0 spiro atoms. The van der Waals surface area contributed by atoms with Gasteiger partial charge in [-0.05, 0) is 25.8 Å². The molecular formula is C8H17NO2. The normalized spacial score (nSPS) is 24.3. The number of hydrogen-bond donors (Lipinski definition) is 2. The van der Waals surface area contributed by atoms with Crippen molar-refractivity contribution < 1.29 is 9.84 Å². The lowest BCUT2D eigenvalue weighted by atomic mass is 10.2. The standard InChI is InChI=1S/C8H17NO2/c10-5-2-1-4-9-8-3-6-11-7-8/h8-10H,1-7H2. The van der Waals surface area contributed by atoms with Gasteiger partial charge >= 0.3 is 0 Å². The van der Waals surface area contributed by atoms with Crippen molar-refractivity contribution in [1.82, 2.24) is 5.32 Å². The molecule has 3 nitrogen and oxygen atoms in total. The summed E-state index contributed by atoms with van der Waals surface area (Å²) in [5, 5.41) is 11.9. The van der Waals surface area contributed by atoms with Crippen molar-refractivity contribution in [2.24, 2.45) is 0 Å². The molecule has 0 bridgehead atoms. The van der Waals surface area contributed by atoms with E-state index in [1.807, 2.05) is 0 Å². The molecule has 1 heterocycles. The third-order valence-electron chi connectivity index (χ3n) is 1.95. The molecule has 3 heteroatoms. The summed E-state index contributed by atoms with van der Waals surface area (Å²) >= 11 is 0. The van der Waals surface area contributed by atoms with Crippen LogP contribution in [0.15, 0.2) is 0 Å². The number of aliphatic hydroxyl groups is 1.